The largest absolute Gasteiger partial charge is 0.322 e. The van der Waals surface area contributed by atoms with Crippen molar-refractivity contribution in [3.63, 3.8) is 0 Å². The minimum Gasteiger partial charge on any atom is -0.322 e. The number of carbonyl (C=O) groups is 1. The summed E-state index contributed by atoms with van der Waals surface area (Å²) in [5.74, 6) is 0.599. The highest BCUT2D eigenvalue weighted by Crippen LogP contribution is 2.26. The fourth-order valence-electron chi connectivity index (χ4n) is 3.31. The van der Waals surface area contributed by atoms with E-state index in [1.54, 1.807) is 17.9 Å². The van der Waals surface area contributed by atoms with Crippen LogP contribution in [0.4, 0.5) is 5.69 Å². The molecule has 0 aliphatic heterocycles. The molecule has 1 amide bonds. The Bertz CT molecular complexity index is 1220. The second-order valence-electron chi connectivity index (χ2n) is 7.83. The van der Waals surface area contributed by atoms with Crippen molar-refractivity contribution >= 4 is 22.6 Å². The Morgan fingerprint density at radius 3 is 2.60 bits per heavy atom. The van der Waals surface area contributed by atoms with Crippen LogP contribution in [0.5, 0.6) is 0 Å². The lowest BCUT2D eigenvalue weighted by Gasteiger charge is -2.12. The highest BCUT2D eigenvalue weighted by molar-refractivity contribution is 6.12. The topological polar surface area (TPSA) is 103 Å². The number of nitrogens with one attached hydrogen (secondary N) is 1. The first-order chi connectivity index (χ1) is 14.3. The summed E-state index contributed by atoms with van der Waals surface area (Å²) in [5, 5.41) is 19.7. The van der Waals surface area contributed by atoms with Crippen LogP contribution in [-0.2, 0) is 7.05 Å². The van der Waals surface area contributed by atoms with Gasteiger partial charge in [0.15, 0.2) is 11.5 Å². The Morgan fingerprint density at radius 1 is 1.13 bits per heavy atom. The Kier molecular flexibility index (Phi) is 5.03. The zero-order valence-corrected chi connectivity index (χ0v) is 17.7. The molecular weight excluding hydrogens is 380 g/mol. The van der Waals surface area contributed by atoms with E-state index in [0.717, 1.165) is 22.3 Å². The molecule has 1 aromatic carbocycles. The lowest BCUT2D eigenvalue weighted by atomic mass is 10.0. The van der Waals surface area contributed by atoms with E-state index >= 15 is 0 Å². The summed E-state index contributed by atoms with van der Waals surface area (Å²) in [4.78, 5) is 18.0. The predicted molar refractivity (Wildman–Crippen MR) is 114 cm³/mol. The zero-order chi connectivity index (χ0) is 21.4. The third kappa shape index (κ3) is 3.54. The molecule has 0 fully saturated rings. The van der Waals surface area contributed by atoms with E-state index in [0.29, 0.717) is 17.1 Å². The van der Waals surface area contributed by atoms with Crippen LogP contribution in [0.25, 0.3) is 22.4 Å². The Morgan fingerprint density at radius 2 is 1.93 bits per heavy atom. The summed E-state index contributed by atoms with van der Waals surface area (Å²) in [7, 11) is 1.77. The second-order valence-corrected chi connectivity index (χ2v) is 7.83. The van der Waals surface area contributed by atoms with E-state index in [1.165, 1.54) is 0 Å². The number of tetrazole rings is 1. The minimum atomic E-state index is -0.208. The van der Waals surface area contributed by atoms with Crippen LogP contribution >= 0.6 is 0 Å². The second kappa shape index (κ2) is 7.66. The van der Waals surface area contributed by atoms with Gasteiger partial charge in [0.25, 0.3) is 5.91 Å². The summed E-state index contributed by atoms with van der Waals surface area (Å²) in [6, 6.07) is 9.44. The van der Waals surface area contributed by atoms with E-state index in [-0.39, 0.29) is 17.9 Å². The molecule has 1 N–H and O–H groups in total. The maximum absolute atomic E-state index is 13.2. The van der Waals surface area contributed by atoms with Gasteiger partial charge in [-0.05, 0) is 48.4 Å². The fraction of sp³-hybridized carbons (Fsp3) is 0.333. The number of nitrogens with zero attached hydrogens (tertiary/aromatic N) is 7. The maximum Gasteiger partial charge on any atom is 0.256 e. The van der Waals surface area contributed by atoms with Crippen LogP contribution < -0.4 is 5.32 Å². The first-order valence-corrected chi connectivity index (χ1v) is 9.87. The van der Waals surface area contributed by atoms with Crippen LogP contribution in [0.2, 0.25) is 0 Å². The van der Waals surface area contributed by atoms with E-state index in [1.807, 2.05) is 48.9 Å². The summed E-state index contributed by atoms with van der Waals surface area (Å²) in [6.45, 7) is 8.21. The molecule has 0 saturated carbocycles. The Labute approximate surface area is 174 Å². The molecule has 3 aromatic heterocycles. The van der Waals surface area contributed by atoms with E-state index in [2.05, 4.69) is 39.8 Å². The Hall–Kier alpha value is -3.62. The van der Waals surface area contributed by atoms with Gasteiger partial charge in [-0.1, -0.05) is 26.0 Å². The minimum absolute atomic E-state index is 0.144. The Balaban J connectivity index is 1.73. The summed E-state index contributed by atoms with van der Waals surface area (Å²) in [5.41, 5.74) is 3.61. The van der Waals surface area contributed by atoms with E-state index < -0.39 is 0 Å². The fourth-order valence-corrected chi connectivity index (χ4v) is 3.31. The molecule has 0 unspecified atom stereocenters. The molecule has 0 aliphatic rings. The number of benzene rings is 1. The number of anilines is 1. The summed E-state index contributed by atoms with van der Waals surface area (Å²) in [6.07, 6.45) is 1.71. The van der Waals surface area contributed by atoms with Crippen LogP contribution in [-0.4, -0.2) is 40.9 Å². The van der Waals surface area contributed by atoms with Crippen molar-refractivity contribution in [1.82, 2.24) is 35.0 Å². The standard InChI is InChI=1S/C21H24N8O/c1-12(2)18-10-16(17-11-22-29(13(3)4)20(17)24-18)21(30)23-15-8-6-7-14(9-15)19-25-26-27-28(19)5/h6-13H,1-5H3,(H,23,30). The number of aryl methyl sites for hydroxylation is 1. The van der Waals surface area contributed by atoms with Crippen molar-refractivity contribution in [3.8, 4) is 11.4 Å². The SMILES string of the molecule is CC(C)c1cc(C(=O)Nc2cccc(-c3nnnn3C)c2)c2cnn(C(C)C)c2n1. The number of amides is 1. The third-order valence-corrected chi connectivity index (χ3v) is 4.91. The van der Waals surface area contributed by atoms with Crippen molar-refractivity contribution in [2.75, 3.05) is 5.32 Å². The van der Waals surface area contributed by atoms with Gasteiger partial charge < -0.3 is 5.32 Å². The summed E-state index contributed by atoms with van der Waals surface area (Å²) >= 11 is 0. The molecule has 0 bridgehead atoms. The predicted octanol–water partition coefficient (Wildman–Crippen LogP) is 3.58. The quantitative estimate of drug-likeness (QED) is 0.545. The monoisotopic (exact) mass is 404 g/mol. The van der Waals surface area contributed by atoms with Gasteiger partial charge in [0, 0.05) is 30.0 Å². The molecule has 9 heteroatoms. The van der Waals surface area contributed by atoms with Crippen molar-refractivity contribution in [3.05, 3.63) is 47.8 Å². The molecule has 0 atom stereocenters. The van der Waals surface area contributed by atoms with Crippen LogP contribution in [0, 0.1) is 0 Å². The van der Waals surface area contributed by atoms with Crippen LogP contribution in [0.15, 0.2) is 36.5 Å². The third-order valence-electron chi connectivity index (χ3n) is 4.91. The van der Waals surface area contributed by atoms with Gasteiger partial charge >= 0.3 is 0 Å². The van der Waals surface area contributed by atoms with Gasteiger partial charge in [-0.25, -0.2) is 14.3 Å². The first kappa shape index (κ1) is 19.7. The lowest BCUT2D eigenvalue weighted by molar-refractivity contribution is 0.102. The van der Waals surface area contributed by atoms with Crippen molar-refractivity contribution < 1.29 is 4.79 Å². The molecule has 9 nitrogen and oxygen atoms in total. The summed E-state index contributed by atoms with van der Waals surface area (Å²) < 4.78 is 3.43. The highest BCUT2D eigenvalue weighted by atomic mass is 16.1. The van der Waals surface area contributed by atoms with Gasteiger partial charge in [0.2, 0.25) is 0 Å². The highest BCUT2D eigenvalue weighted by Gasteiger charge is 2.19. The molecule has 3 heterocycles. The molecule has 0 spiro atoms. The smallest absolute Gasteiger partial charge is 0.256 e. The number of pyridine rings is 1. The van der Waals surface area contributed by atoms with Gasteiger partial charge in [-0.15, -0.1) is 5.10 Å². The molecule has 4 rings (SSSR count). The van der Waals surface area contributed by atoms with Crippen molar-refractivity contribution in [2.24, 2.45) is 7.05 Å². The molecule has 0 radical (unpaired) electrons. The van der Waals surface area contributed by atoms with Crippen LogP contribution in [0.1, 0.15) is 55.7 Å². The molecular formula is C21H24N8O. The molecule has 154 valence electrons. The van der Waals surface area contributed by atoms with Gasteiger partial charge in [0.1, 0.15) is 0 Å². The van der Waals surface area contributed by atoms with E-state index in [9.17, 15) is 4.79 Å². The van der Waals surface area contributed by atoms with Gasteiger partial charge in [-0.2, -0.15) is 5.10 Å². The average molecular weight is 404 g/mol. The number of fused-ring (bicyclic) bond motifs is 1. The average Bonchev–Trinajstić information content (AvgIpc) is 3.33. The van der Waals surface area contributed by atoms with Crippen molar-refractivity contribution in [1.29, 1.82) is 0 Å². The number of carbonyl (C=O) groups excluding carboxylic acids is 1. The molecule has 0 saturated heterocycles. The number of aromatic nitrogens is 7. The number of hydrogen-bond acceptors (Lipinski definition) is 6. The molecule has 30 heavy (non-hydrogen) atoms. The van der Waals surface area contributed by atoms with E-state index in [4.69, 9.17) is 4.98 Å². The number of hydrogen-bond donors (Lipinski definition) is 1. The normalized spacial score (nSPS) is 11.6. The molecule has 4 aromatic rings. The lowest BCUT2D eigenvalue weighted by Crippen LogP contribution is -2.14. The zero-order valence-electron chi connectivity index (χ0n) is 17.7. The van der Waals surface area contributed by atoms with Crippen LogP contribution in [0.3, 0.4) is 0 Å². The molecule has 0 aliphatic carbocycles. The van der Waals surface area contributed by atoms with Crippen molar-refractivity contribution in [2.45, 2.75) is 39.7 Å². The first-order valence-electron chi connectivity index (χ1n) is 9.87. The maximum atomic E-state index is 13.2. The van der Waals surface area contributed by atoms with Gasteiger partial charge in [0.05, 0.1) is 17.1 Å². The van der Waals surface area contributed by atoms with Gasteiger partial charge in [-0.3, -0.25) is 4.79 Å². The number of rotatable bonds is 5.